The summed E-state index contributed by atoms with van der Waals surface area (Å²) in [6.45, 7) is 9.76. The first kappa shape index (κ1) is 9.47. The fourth-order valence-electron chi connectivity index (χ4n) is 2.35. The molecule has 2 unspecified atom stereocenters. The maximum absolute atomic E-state index is 3.82. The fourth-order valence-corrected chi connectivity index (χ4v) is 2.35. The molecule has 0 aromatic carbocycles. The van der Waals surface area contributed by atoms with Crippen molar-refractivity contribution in [3.8, 4) is 0 Å². The summed E-state index contributed by atoms with van der Waals surface area (Å²) in [5, 5.41) is 0. The third-order valence-corrected chi connectivity index (χ3v) is 3.07. The van der Waals surface area contributed by atoms with Gasteiger partial charge < -0.3 is 0 Å². The van der Waals surface area contributed by atoms with Gasteiger partial charge in [-0.15, -0.1) is 0 Å². The van der Waals surface area contributed by atoms with E-state index in [-0.39, 0.29) is 0 Å². The molecule has 1 heteroatoms. The van der Waals surface area contributed by atoms with Crippen molar-refractivity contribution in [2.45, 2.75) is 12.5 Å². The maximum atomic E-state index is 3.82. The van der Waals surface area contributed by atoms with Crippen molar-refractivity contribution >= 4 is 0 Å². The standard InChI is InChI=1S/C13H17N/c1-3-5-11(4-2)9-14-10-12-6-7-13(14)8-12/h3-7,12-13H,1-2,8-10H2/b11-5+. The van der Waals surface area contributed by atoms with Gasteiger partial charge in [-0.05, 0) is 17.9 Å². The average Bonchev–Trinajstić information content (AvgIpc) is 2.78. The maximum Gasteiger partial charge on any atom is 0.0288 e. The molecule has 74 valence electrons. The van der Waals surface area contributed by atoms with Crippen LogP contribution in [0, 0.1) is 5.92 Å². The minimum atomic E-state index is 0.674. The van der Waals surface area contributed by atoms with E-state index in [1.54, 1.807) is 0 Å². The minimum Gasteiger partial charge on any atom is -0.292 e. The molecule has 0 aromatic rings. The van der Waals surface area contributed by atoms with Crippen LogP contribution >= 0.6 is 0 Å². The van der Waals surface area contributed by atoms with Gasteiger partial charge in [0.25, 0.3) is 0 Å². The highest BCUT2D eigenvalue weighted by molar-refractivity contribution is 5.24. The highest BCUT2D eigenvalue weighted by atomic mass is 15.2. The molecule has 0 saturated carbocycles. The highest BCUT2D eigenvalue weighted by Crippen LogP contribution is 2.31. The van der Waals surface area contributed by atoms with Crippen LogP contribution in [-0.2, 0) is 0 Å². The van der Waals surface area contributed by atoms with Gasteiger partial charge in [0, 0.05) is 19.1 Å². The van der Waals surface area contributed by atoms with E-state index in [0.29, 0.717) is 6.04 Å². The summed E-state index contributed by atoms with van der Waals surface area (Å²) in [6, 6.07) is 0.674. The molecule has 1 heterocycles. The van der Waals surface area contributed by atoms with Gasteiger partial charge in [0.1, 0.15) is 0 Å². The van der Waals surface area contributed by atoms with Gasteiger partial charge in [0.05, 0.1) is 0 Å². The van der Waals surface area contributed by atoms with Crippen LogP contribution < -0.4 is 0 Å². The smallest absolute Gasteiger partial charge is 0.0288 e. The summed E-state index contributed by atoms with van der Waals surface area (Å²) in [5.41, 5.74) is 1.26. The zero-order valence-electron chi connectivity index (χ0n) is 8.52. The van der Waals surface area contributed by atoms with Gasteiger partial charge in [0.15, 0.2) is 0 Å². The molecule has 2 atom stereocenters. The molecule has 14 heavy (non-hydrogen) atoms. The first-order chi connectivity index (χ1) is 6.83. The zero-order valence-corrected chi connectivity index (χ0v) is 8.52. The van der Waals surface area contributed by atoms with E-state index in [9.17, 15) is 0 Å². The number of allylic oxidation sites excluding steroid dienone is 2. The first-order valence-electron chi connectivity index (χ1n) is 5.20. The summed E-state index contributed by atoms with van der Waals surface area (Å²) in [6.07, 6.45) is 11.8. The Kier molecular flexibility index (Phi) is 2.69. The number of rotatable bonds is 4. The molecule has 1 saturated heterocycles. The van der Waals surface area contributed by atoms with Crippen LogP contribution in [0.5, 0.6) is 0 Å². The third kappa shape index (κ3) is 1.73. The molecular formula is C13H17N. The molecule has 1 nitrogen and oxygen atoms in total. The van der Waals surface area contributed by atoms with Crippen molar-refractivity contribution in [2.24, 2.45) is 5.92 Å². The number of hydrogen-bond donors (Lipinski definition) is 0. The molecule has 0 radical (unpaired) electrons. The van der Waals surface area contributed by atoms with Gasteiger partial charge in [-0.3, -0.25) is 4.90 Å². The predicted octanol–water partition coefficient (Wildman–Crippen LogP) is 2.55. The van der Waals surface area contributed by atoms with Crippen molar-refractivity contribution < 1.29 is 0 Å². The Balaban J connectivity index is 1.98. The first-order valence-corrected chi connectivity index (χ1v) is 5.20. The summed E-state index contributed by atoms with van der Waals surface area (Å²) in [4.78, 5) is 2.52. The highest BCUT2D eigenvalue weighted by Gasteiger charge is 2.33. The molecule has 0 amide bonds. The largest absolute Gasteiger partial charge is 0.292 e. The van der Waals surface area contributed by atoms with Crippen molar-refractivity contribution in [3.05, 3.63) is 49.1 Å². The van der Waals surface area contributed by atoms with Crippen LogP contribution in [0.3, 0.4) is 0 Å². The van der Waals surface area contributed by atoms with Crippen LogP contribution in [0.2, 0.25) is 0 Å². The Morgan fingerprint density at radius 3 is 2.79 bits per heavy atom. The van der Waals surface area contributed by atoms with E-state index in [1.807, 2.05) is 18.2 Å². The Bertz CT molecular complexity index is 298. The normalized spacial score (nSPS) is 31.0. The van der Waals surface area contributed by atoms with Crippen molar-refractivity contribution in [1.29, 1.82) is 0 Å². The zero-order chi connectivity index (χ0) is 9.97. The molecule has 1 aliphatic heterocycles. The second-order valence-corrected chi connectivity index (χ2v) is 4.06. The van der Waals surface area contributed by atoms with Crippen LogP contribution in [-0.4, -0.2) is 24.0 Å². The van der Waals surface area contributed by atoms with Crippen LogP contribution in [0.1, 0.15) is 6.42 Å². The lowest BCUT2D eigenvalue weighted by Gasteiger charge is -2.23. The second-order valence-electron chi connectivity index (χ2n) is 4.06. The molecule has 0 N–H and O–H groups in total. The van der Waals surface area contributed by atoms with Gasteiger partial charge in [-0.25, -0.2) is 0 Å². The summed E-state index contributed by atoms with van der Waals surface area (Å²) in [5.74, 6) is 0.801. The number of hydrogen-bond acceptors (Lipinski definition) is 1. The monoisotopic (exact) mass is 187 g/mol. The number of nitrogens with zero attached hydrogens (tertiary/aromatic N) is 1. The molecule has 0 spiro atoms. The number of fused-ring (bicyclic) bond motifs is 2. The van der Waals surface area contributed by atoms with Crippen molar-refractivity contribution in [2.75, 3.05) is 13.1 Å². The van der Waals surface area contributed by atoms with E-state index in [2.05, 4.69) is 30.2 Å². The molecule has 0 aromatic heterocycles. The van der Waals surface area contributed by atoms with Gasteiger partial charge in [0.2, 0.25) is 0 Å². The lowest BCUT2D eigenvalue weighted by molar-refractivity contribution is 0.306. The molecule has 2 rings (SSSR count). The lowest BCUT2D eigenvalue weighted by atomic mass is 10.2. The molecular weight excluding hydrogens is 170 g/mol. The third-order valence-electron chi connectivity index (χ3n) is 3.07. The van der Waals surface area contributed by atoms with E-state index < -0.39 is 0 Å². The summed E-state index contributed by atoms with van der Waals surface area (Å²) >= 11 is 0. The molecule has 1 aliphatic carbocycles. The Labute approximate surface area is 86.1 Å². The van der Waals surface area contributed by atoms with E-state index >= 15 is 0 Å². The van der Waals surface area contributed by atoms with Gasteiger partial charge in [-0.1, -0.05) is 43.5 Å². The average molecular weight is 187 g/mol. The van der Waals surface area contributed by atoms with E-state index in [4.69, 9.17) is 0 Å². The summed E-state index contributed by atoms with van der Waals surface area (Å²) in [7, 11) is 0. The van der Waals surface area contributed by atoms with Crippen molar-refractivity contribution in [3.63, 3.8) is 0 Å². The predicted molar refractivity (Wildman–Crippen MR) is 61.1 cm³/mol. The van der Waals surface area contributed by atoms with Crippen LogP contribution in [0.15, 0.2) is 49.1 Å². The second kappa shape index (κ2) is 3.97. The minimum absolute atomic E-state index is 0.674. The molecule has 1 fully saturated rings. The quantitative estimate of drug-likeness (QED) is 0.483. The molecule has 2 aliphatic rings. The van der Waals surface area contributed by atoms with E-state index in [1.165, 1.54) is 18.5 Å². The van der Waals surface area contributed by atoms with E-state index in [0.717, 1.165) is 12.5 Å². The Morgan fingerprint density at radius 2 is 2.29 bits per heavy atom. The number of likely N-dealkylation sites (tertiary alicyclic amines) is 1. The van der Waals surface area contributed by atoms with Gasteiger partial charge in [-0.2, -0.15) is 0 Å². The Morgan fingerprint density at radius 1 is 1.43 bits per heavy atom. The lowest BCUT2D eigenvalue weighted by Crippen LogP contribution is -2.31. The fraction of sp³-hybridized carbons (Fsp3) is 0.385. The Hall–Kier alpha value is -1.08. The van der Waals surface area contributed by atoms with Crippen LogP contribution in [0.4, 0.5) is 0 Å². The topological polar surface area (TPSA) is 3.24 Å². The van der Waals surface area contributed by atoms with Crippen molar-refractivity contribution in [1.82, 2.24) is 4.90 Å². The SMILES string of the molecule is C=C/C=C(\C=C)CN1CC2C=CC1C2. The van der Waals surface area contributed by atoms with Crippen LogP contribution in [0.25, 0.3) is 0 Å². The molecule has 2 bridgehead atoms. The summed E-state index contributed by atoms with van der Waals surface area (Å²) < 4.78 is 0. The van der Waals surface area contributed by atoms with Gasteiger partial charge >= 0.3 is 0 Å².